The Morgan fingerprint density at radius 3 is 2.75 bits per heavy atom. The van der Waals surface area contributed by atoms with Gasteiger partial charge < -0.3 is 10.3 Å². The first-order chi connectivity index (χ1) is 5.63. The summed E-state index contributed by atoms with van der Waals surface area (Å²) in [5.41, 5.74) is -0.113. The summed E-state index contributed by atoms with van der Waals surface area (Å²) in [6.45, 7) is 3.97. The maximum absolute atomic E-state index is 11.0. The van der Waals surface area contributed by atoms with E-state index in [9.17, 15) is 4.79 Å². The molecular weight excluding hydrogens is 154 g/mol. The first-order valence-corrected chi connectivity index (χ1v) is 3.92. The number of hydrogen-bond acceptors (Lipinski definition) is 3. The van der Waals surface area contributed by atoms with Crippen LogP contribution in [0.3, 0.4) is 0 Å². The number of rotatable bonds is 2. The van der Waals surface area contributed by atoms with Crippen LogP contribution >= 0.6 is 0 Å². The van der Waals surface area contributed by atoms with E-state index in [4.69, 9.17) is 0 Å². The van der Waals surface area contributed by atoms with Gasteiger partial charge in [-0.3, -0.25) is 4.79 Å². The Morgan fingerprint density at radius 2 is 2.25 bits per heavy atom. The van der Waals surface area contributed by atoms with Gasteiger partial charge in [0.05, 0.1) is 0 Å². The minimum Gasteiger partial charge on any atom is -0.373 e. The van der Waals surface area contributed by atoms with Crippen LogP contribution in [-0.2, 0) is 0 Å². The Bertz CT molecular complexity index is 316. The van der Waals surface area contributed by atoms with Crippen LogP contribution in [0.25, 0.3) is 0 Å². The standard InChI is InChI=1S/C8H13N3O/c1-5(2)8-10-6(9-3)4-7(12)11-8/h4-5H,1-3H3,(H2,9,10,11,12). The second kappa shape index (κ2) is 3.38. The van der Waals surface area contributed by atoms with Gasteiger partial charge in [0.1, 0.15) is 11.6 Å². The minimum atomic E-state index is -0.113. The van der Waals surface area contributed by atoms with Crippen LogP contribution in [0, 0.1) is 0 Å². The van der Waals surface area contributed by atoms with Gasteiger partial charge in [0.15, 0.2) is 0 Å². The Kier molecular flexibility index (Phi) is 2.47. The molecule has 2 N–H and O–H groups in total. The summed E-state index contributed by atoms with van der Waals surface area (Å²) < 4.78 is 0. The normalized spacial score (nSPS) is 10.3. The predicted molar refractivity (Wildman–Crippen MR) is 48.5 cm³/mol. The van der Waals surface area contributed by atoms with Crippen LogP contribution in [-0.4, -0.2) is 17.0 Å². The summed E-state index contributed by atoms with van der Waals surface area (Å²) >= 11 is 0. The number of aromatic nitrogens is 2. The summed E-state index contributed by atoms with van der Waals surface area (Å²) in [5, 5.41) is 2.83. The van der Waals surface area contributed by atoms with E-state index in [1.54, 1.807) is 7.05 Å². The molecule has 0 atom stereocenters. The van der Waals surface area contributed by atoms with Crippen LogP contribution in [0.15, 0.2) is 10.9 Å². The van der Waals surface area contributed by atoms with E-state index in [1.165, 1.54) is 6.07 Å². The highest BCUT2D eigenvalue weighted by Gasteiger charge is 2.02. The Hall–Kier alpha value is -1.32. The zero-order valence-electron chi connectivity index (χ0n) is 7.51. The minimum absolute atomic E-state index is 0.113. The first kappa shape index (κ1) is 8.77. The third-order valence-electron chi connectivity index (χ3n) is 1.56. The number of hydrogen-bond donors (Lipinski definition) is 2. The molecule has 0 fully saturated rings. The summed E-state index contributed by atoms with van der Waals surface area (Å²) in [5.74, 6) is 1.57. The summed E-state index contributed by atoms with van der Waals surface area (Å²) in [6, 6.07) is 1.44. The highest BCUT2D eigenvalue weighted by atomic mass is 16.1. The summed E-state index contributed by atoms with van der Waals surface area (Å²) in [4.78, 5) is 17.9. The molecule has 1 rings (SSSR count). The molecule has 0 aromatic carbocycles. The molecule has 0 amide bonds. The Morgan fingerprint density at radius 1 is 1.58 bits per heavy atom. The quantitative estimate of drug-likeness (QED) is 0.689. The molecule has 12 heavy (non-hydrogen) atoms. The van der Waals surface area contributed by atoms with Gasteiger partial charge in [-0.1, -0.05) is 13.8 Å². The molecule has 4 heteroatoms. The van der Waals surface area contributed by atoms with Crippen molar-refractivity contribution in [3.8, 4) is 0 Å². The zero-order chi connectivity index (χ0) is 9.14. The molecule has 0 spiro atoms. The lowest BCUT2D eigenvalue weighted by Gasteiger charge is -2.05. The average Bonchev–Trinajstić information content (AvgIpc) is 2.03. The number of nitrogens with one attached hydrogen (secondary N) is 2. The van der Waals surface area contributed by atoms with Gasteiger partial charge in [0, 0.05) is 19.0 Å². The highest BCUT2D eigenvalue weighted by Crippen LogP contribution is 2.07. The van der Waals surface area contributed by atoms with E-state index in [-0.39, 0.29) is 11.5 Å². The smallest absolute Gasteiger partial charge is 0.252 e. The van der Waals surface area contributed by atoms with Crippen molar-refractivity contribution in [1.29, 1.82) is 0 Å². The maximum Gasteiger partial charge on any atom is 0.252 e. The van der Waals surface area contributed by atoms with Gasteiger partial charge in [-0.25, -0.2) is 4.98 Å². The lowest BCUT2D eigenvalue weighted by Crippen LogP contribution is -2.13. The van der Waals surface area contributed by atoms with Crippen LogP contribution in [0.5, 0.6) is 0 Å². The molecular formula is C8H13N3O. The van der Waals surface area contributed by atoms with Crippen LogP contribution in [0.1, 0.15) is 25.6 Å². The maximum atomic E-state index is 11.0. The van der Waals surface area contributed by atoms with Crippen molar-refractivity contribution in [3.05, 3.63) is 22.2 Å². The highest BCUT2D eigenvalue weighted by molar-refractivity contribution is 5.31. The molecule has 1 aromatic heterocycles. The van der Waals surface area contributed by atoms with Gasteiger partial charge in [-0.05, 0) is 0 Å². The number of H-pyrrole nitrogens is 1. The van der Waals surface area contributed by atoms with Crippen molar-refractivity contribution in [1.82, 2.24) is 9.97 Å². The van der Waals surface area contributed by atoms with Crippen molar-refractivity contribution in [2.75, 3.05) is 12.4 Å². The number of aromatic amines is 1. The van der Waals surface area contributed by atoms with Crippen molar-refractivity contribution in [3.63, 3.8) is 0 Å². The van der Waals surface area contributed by atoms with E-state index >= 15 is 0 Å². The van der Waals surface area contributed by atoms with Gasteiger partial charge in [-0.15, -0.1) is 0 Å². The second-order valence-corrected chi connectivity index (χ2v) is 2.92. The molecule has 0 unspecified atom stereocenters. The summed E-state index contributed by atoms with van der Waals surface area (Å²) in [6.07, 6.45) is 0. The molecule has 0 radical (unpaired) electrons. The number of anilines is 1. The van der Waals surface area contributed by atoms with Gasteiger partial charge in [0.25, 0.3) is 5.56 Å². The monoisotopic (exact) mass is 167 g/mol. The molecule has 66 valence electrons. The van der Waals surface area contributed by atoms with E-state index in [0.717, 1.165) is 0 Å². The summed E-state index contributed by atoms with van der Waals surface area (Å²) in [7, 11) is 1.74. The van der Waals surface area contributed by atoms with Crippen molar-refractivity contribution < 1.29 is 0 Å². The van der Waals surface area contributed by atoms with Gasteiger partial charge >= 0.3 is 0 Å². The molecule has 1 heterocycles. The third kappa shape index (κ3) is 1.84. The molecule has 0 saturated carbocycles. The van der Waals surface area contributed by atoms with E-state index in [1.807, 2.05) is 13.8 Å². The topological polar surface area (TPSA) is 57.8 Å². The molecule has 0 aliphatic heterocycles. The largest absolute Gasteiger partial charge is 0.373 e. The zero-order valence-corrected chi connectivity index (χ0v) is 7.51. The Labute approximate surface area is 71.0 Å². The average molecular weight is 167 g/mol. The fraction of sp³-hybridized carbons (Fsp3) is 0.500. The van der Waals surface area contributed by atoms with Crippen LogP contribution < -0.4 is 10.9 Å². The predicted octanol–water partition coefficient (Wildman–Crippen LogP) is 0.935. The van der Waals surface area contributed by atoms with Gasteiger partial charge in [0.2, 0.25) is 0 Å². The third-order valence-corrected chi connectivity index (χ3v) is 1.56. The van der Waals surface area contributed by atoms with Crippen molar-refractivity contribution in [2.24, 2.45) is 0 Å². The van der Waals surface area contributed by atoms with Crippen LogP contribution in [0.4, 0.5) is 5.82 Å². The van der Waals surface area contributed by atoms with E-state index < -0.39 is 0 Å². The molecule has 0 saturated heterocycles. The molecule has 0 aliphatic carbocycles. The number of nitrogens with zero attached hydrogens (tertiary/aromatic N) is 1. The fourth-order valence-electron chi connectivity index (χ4n) is 0.878. The van der Waals surface area contributed by atoms with Crippen molar-refractivity contribution in [2.45, 2.75) is 19.8 Å². The van der Waals surface area contributed by atoms with E-state index in [0.29, 0.717) is 11.6 Å². The molecule has 1 aromatic rings. The Balaban J connectivity index is 3.15. The first-order valence-electron chi connectivity index (χ1n) is 3.92. The van der Waals surface area contributed by atoms with Crippen LogP contribution in [0.2, 0.25) is 0 Å². The molecule has 4 nitrogen and oxygen atoms in total. The lowest BCUT2D eigenvalue weighted by atomic mass is 10.2. The molecule has 0 bridgehead atoms. The van der Waals surface area contributed by atoms with Crippen molar-refractivity contribution >= 4 is 5.82 Å². The SMILES string of the molecule is CNc1cc(=O)[nH]c(C(C)C)n1. The molecule has 0 aliphatic rings. The lowest BCUT2D eigenvalue weighted by molar-refractivity contribution is 0.768. The van der Waals surface area contributed by atoms with Gasteiger partial charge in [-0.2, -0.15) is 0 Å². The second-order valence-electron chi connectivity index (χ2n) is 2.92. The van der Waals surface area contributed by atoms with E-state index in [2.05, 4.69) is 15.3 Å². The fourth-order valence-corrected chi connectivity index (χ4v) is 0.878.